The zero-order valence-corrected chi connectivity index (χ0v) is 14.1. The topological polar surface area (TPSA) is 86.0 Å². The summed E-state index contributed by atoms with van der Waals surface area (Å²) in [6.07, 6.45) is 0. The molecule has 1 fully saturated rings. The lowest BCUT2D eigenvalue weighted by Crippen LogP contribution is -3.14. The lowest BCUT2D eigenvalue weighted by molar-refractivity contribution is -0.923. The summed E-state index contributed by atoms with van der Waals surface area (Å²) in [6, 6.07) is 14.1. The van der Waals surface area contributed by atoms with Crippen LogP contribution in [0.25, 0.3) is 11.1 Å². The Balaban J connectivity index is 1.42. The van der Waals surface area contributed by atoms with Crippen LogP contribution in [0.4, 0.5) is 11.4 Å². The molecule has 2 aromatic carbocycles. The molecule has 8 nitrogen and oxygen atoms in total. The number of nitro groups is 1. The third-order valence-electron chi connectivity index (χ3n) is 4.85. The zero-order valence-electron chi connectivity index (χ0n) is 14.1. The predicted molar refractivity (Wildman–Crippen MR) is 96.5 cm³/mol. The highest BCUT2D eigenvalue weighted by Gasteiger charge is 2.22. The number of hydrogen-bond donors (Lipinski definition) is 1. The predicted octanol–water partition coefficient (Wildman–Crippen LogP) is 0.865. The van der Waals surface area contributed by atoms with Gasteiger partial charge in [-0.05, 0) is 24.3 Å². The van der Waals surface area contributed by atoms with E-state index in [1.165, 1.54) is 17.0 Å². The van der Waals surface area contributed by atoms with Gasteiger partial charge in [-0.15, -0.1) is 0 Å². The largest absolute Gasteiger partial charge is 0.424 e. The first kappa shape index (κ1) is 16.3. The van der Waals surface area contributed by atoms with Crippen molar-refractivity contribution in [1.29, 1.82) is 0 Å². The Kier molecular flexibility index (Phi) is 4.18. The summed E-state index contributed by atoms with van der Waals surface area (Å²) >= 11 is 0. The van der Waals surface area contributed by atoms with Crippen molar-refractivity contribution in [1.82, 2.24) is 4.57 Å². The molecule has 134 valence electrons. The van der Waals surface area contributed by atoms with Crippen molar-refractivity contribution in [3.05, 3.63) is 69.2 Å². The molecule has 26 heavy (non-hydrogen) atoms. The van der Waals surface area contributed by atoms with Gasteiger partial charge in [0.2, 0.25) is 0 Å². The minimum absolute atomic E-state index is 0.101. The molecule has 1 aliphatic heterocycles. The van der Waals surface area contributed by atoms with Gasteiger partial charge in [-0.1, -0.05) is 12.1 Å². The van der Waals surface area contributed by atoms with E-state index in [1.807, 2.05) is 18.2 Å². The van der Waals surface area contributed by atoms with Gasteiger partial charge >= 0.3 is 5.76 Å². The van der Waals surface area contributed by atoms with Gasteiger partial charge in [0, 0.05) is 17.8 Å². The van der Waals surface area contributed by atoms with E-state index < -0.39 is 4.92 Å². The number of aromatic nitrogens is 1. The van der Waals surface area contributed by atoms with Crippen LogP contribution in [-0.2, 0) is 6.67 Å². The maximum Gasteiger partial charge on any atom is 0.424 e. The minimum atomic E-state index is -0.390. The van der Waals surface area contributed by atoms with Gasteiger partial charge in [0.05, 0.1) is 36.6 Å². The quantitative estimate of drug-likeness (QED) is 0.554. The first-order valence-corrected chi connectivity index (χ1v) is 8.53. The van der Waals surface area contributed by atoms with E-state index in [9.17, 15) is 14.9 Å². The van der Waals surface area contributed by atoms with Crippen molar-refractivity contribution in [3.8, 4) is 0 Å². The highest BCUT2D eigenvalue weighted by molar-refractivity contribution is 5.72. The summed E-state index contributed by atoms with van der Waals surface area (Å²) < 4.78 is 6.98. The second kappa shape index (κ2) is 6.64. The number of fused-ring (bicyclic) bond motifs is 1. The third-order valence-corrected chi connectivity index (χ3v) is 4.85. The molecule has 0 aliphatic carbocycles. The number of para-hydroxylation sites is 2. The number of piperazine rings is 1. The van der Waals surface area contributed by atoms with E-state index in [0.717, 1.165) is 37.4 Å². The molecule has 3 aromatic rings. The lowest BCUT2D eigenvalue weighted by atomic mass is 10.2. The lowest BCUT2D eigenvalue weighted by Gasteiger charge is -2.33. The number of nitrogens with one attached hydrogen (secondary N) is 1. The molecular formula is C18H19N4O4+. The summed E-state index contributed by atoms with van der Waals surface area (Å²) in [6.45, 7) is 3.99. The zero-order chi connectivity index (χ0) is 18.1. The Morgan fingerprint density at radius 3 is 2.46 bits per heavy atom. The molecule has 0 unspecified atom stereocenters. The van der Waals surface area contributed by atoms with Crippen LogP contribution in [0.1, 0.15) is 0 Å². The molecule has 0 amide bonds. The minimum Gasteiger partial charge on any atom is -0.408 e. The summed E-state index contributed by atoms with van der Waals surface area (Å²) in [5.41, 5.74) is 2.52. The summed E-state index contributed by atoms with van der Waals surface area (Å²) in [7, 11) is 0. The van der Waals surface area contributed by atoms with Crippen LogP contribution in [0.15, 0.2) is 57.7 Å². The van der Waals surface area contributed by atoms with Gasteiger partial charge in [0.25, 0.3) is 5.69 Å². The summed E-state index contributed by atoms with van der Waals surface area (Å²) in [4.78, 5) is 26.0. The summed E-state index contributed by atoms with van der Waals surface area (Å²) in [5, 5.41) is 10.8. The second-order valence-corrected chi connectivity index (χ2v) is 6.43. The van der Waals surface area contributed by atoms with Crippen molar-refractivity contribution in [2.24, 2.45) is 0 Å². The molecular weight excluding hydrogens is 336 g/mol. The van der Waals surface area contributed by atoms with Gasteiger partial charge in [0.1, 0.15) is 0 Å². The smallest absolute Gasteiger partial charge is 0.408 e. The number of rotatable bonds is 4. The number of non-ortho nitro benzene ring substituents is 1. The van der Waals surface area contributed by atoms with Gasteiger partial charge in [0.15, 0.2) is 12.3 Å². The van der Waals surface area contributed by atoms with Gasteiger partial charge in [-0.2, -0.15) is 0 Å². The summed E-state index contributed by atoms with van der Waals surface area (Å²) in [5.74, 6) is -0.323. The molecule has 1 aliphatic rings. The van der Waals surface area contributed by atoms with E-state index in [4.69, 9.17) is 4.42 Å². The molecule has 2 heterocycles. The molecule has 1 saturated heterocycles. The number of nitro benzene ring substituents is 1. The van der Waals surface area contributed by atoms with Crippen molar-refractivity contribution in [2.45, 2.75) is 6.67 Å². The fourth-order valence-corrected chi connectivity index (χ4v) is 3.41. The monoisotopic (exact) mass is 355 g/mol. The first-order valence-electron chi connectivity index (χ1n) is 8.53. The van der Waals surface area contributed by atoms with E-state index in [2.05, 4.69) is 4.90 Å². The fourth-order valence-electron chi connectivity index (χ4n) is 3.41. The molecule has 0 atom stereocenters. The average Bonchev–Trinajstić information content (AvgIpc) is 2.98. The van der Waals surface area contributed by atoms with Gasteiger partial charge in [-0.25, -0.2) is 9.36 Å². The van der Waals surface area contributed by atoms with Crippen LogP contribution in [0, 0.1) is 10.1 Å². The van der Waals surface area contributed by atoms with Crippen LogP contribution in [0.3, 0.4) is 0 Å². The molecule has 0 saturated carbocycles. The molecule has 1 aromatic heterocycles. The maximum atomic E-state index is 12.1. The van der Waals surface area contributed by atoms with E-state index in [1.54, 1.807) is 22.8 Å². The molecule has 0 bridgehead atoms. The third kappa shape index (κ3) is 3.06. The van der Waals surface area contributed by atoms with Crippen molar-refractivity contribution in [2.75, 3.05) is 31.1 Å². The standard InChI is InChI=1S/C18H18N4O4/c23-18-21(16-3-1-2-4-17(16)26-18)13-19-9-11-20(12-10-19)14-5-7-15(8-6-14)22(24)25/h1-8H,9-13H2/p+1. The number of quaternary nitrogens is 1. The normalized spacial score (nSPS) is 15.5. The first-order chi connectivity index (χ1) is 12.6. The van der Waals surface area contributed by atoms with E-state index in [0.29, 0.717) is 12.3 Å². The van der Waals surface area contributed by atoms with Crippen LogP contribution in [0.2, 0.25) is 0 Å². The van der Waals surface area contributed by atoms with Gasteiger partial charge < -0.3 is 14.2 Å². The average molecular weight is 355 g/mol. The number of benzene rings is 2. The van der Waals surface area contributed by atoms with Crippen LogP contribution in [-0.4, -0.2) is 35.7 Å². The Hall–Kier alpha value is -3.13. The molecule has 8 heteroatoms. The maximum absolute atomic E-state index is 12.1. The number of anilines is 1. The SMILES string of the molecule is O=c1oc2ccccc2n1C[NH+]1CCN(c2ccc([N+](=O)[O-])cc2)CC1. The molecule has 0 spiro atoms. The highest BCUT2D eigenvalue weighted by atomic mass is 16.6. The van der Waals surface area contributed by atoms with Crippen LogP contribution >= 0.6 is 0 Å². The Morgan fingerprint density at radius 2 is 1.77 bits per heavy atom. The van der Waals surface area contributed by atoms with Gasteiger partial charge in [-0.3, -0.25) is 10.1 Å². The second-order valence-electron chi connectivity index (χ2n) is 6.43. The highest BCUT2D eigenvalue weighted by Crippen LogP contribution is 2.19. The van der Waals surface area contributed by atoms with E-state index >= 15 is 0 Å². The molecule has 1 N–H and O–H groups in total. The fraction of sp³-hybridized carbons (Fsp3) is 0.278. The van der Waals surface area contributed by atoms with Crippen molar-refractivity contribution in [3.63, 3.8) is 0 Å². The molecule has 0 radical (unpaired) electrons. The number of hydrogen-bond acceptors (Lipinski definition) is 5. The van der Waals surface area contributed by atoms with Crippen LogP contribution < -0.4 is 15.6 Å². The number of nitrogens with zero attached hydrogens (tertiary/aromatic N) is 3. The van der Waals surface area contributed by atoms with E-state index in [-0.39, 0.29) is 11.4 Å². The van der Waals surface area contributed by atoms with Crippen molar-refractivity contribution >= 4 is 22.5 Å². The number of oxazole rings is 1. The van der Waals surface area contributed by atoms with Crippen LogP contribution in [0.5, 0.6) is 0 Å². The Labute approximate surface area is 149 Å². The Morgan fingerprint density at radius 1 is 1.08 bits per heavy atom. The molecule has 4 rings (SSSR count). The Bertz CT molecular complexity index is 984. The van der Waals surface area contributed by atoms with Crippen molar-refractivity contribution < 1.29 is 14.2 Å².